The Morgan fingerprint density at radius 1 is 1.23 bits per heavy atom. The van der Waals surface area contributed by atoms with Gasteiger partial charge in [-0.1, -0.05) is 30.1 Å². The molecule has 0 aromatic heterocycles. The summed E-state index contributed by atoms with van der Waals surface area (Å²) in [6, 6.07) is 7.49. The zero-order valence-corrected chi connectivity index (χ0v) is 6.67. The lowest BCUT2D eigenvalue weighted by Crippen LogP contribution is -2.19. The second-order valence-corrected chi connectivity index (χ2v) is 2.68. The van der Waals surface area contributed by atoms with Crippen LogP contribution in [0.15, 0.2) is 24.3 Å². The lowest BCUT2D eigenvalue weighted by Gasteiger charge is -2.13. The molecule has 0 unspecified atom stereocenters. The zero-order chi connectivity index (χ0) is 9.90. The van der Waals surface area contributed by atoms with Gasteiger partial charge in [0.2, 0.25) is 0 Å². The Balaban J connectivity index is 2.96. The van der Waals surface area contributed by atoms with E-state index in [4.69, 9.17) is 5.26 Å². The maximum absolute atomic E-state index is 12.0. The molecule has 0 heterocycles. The average molecular weight is 184 g/mol. The average Bonchev–Trinajstić information content (AvgIpc) is 2.02. The van der Waals surface area contributed by atoms with Gasteiger partial charge < -0.3 is 12.9 Å². The standard InChI is InChI=1S/C8H6BF3N/c10-9(11,12)5-7-3-1-2-4-8(7)6-13/h1-4H,5H2/q-1. The molecule has 1 aromatic carbocycles. The Kier molecular flexibility index (Phi) is 2.62. The van der Waals surface area contributed by atoms with Crippen molar-refractivity contribution in [2.75, 3.05) is 0 Å². The van der Waals surface area contributed by atoms with Crippen molar-refractivity contribution in [1.29, 1.82) is 5.26 Å². The van der Waals surface area contributed by atoms with Crippen molar-refractivity contribution in [2.45, 2.75) is 6.32 Å². The molecule has 1 nitrogen and oxygen atoms in total. The van der Waals surface area contributed by atoms with Crippen molar-refractivity contribution in [3.05, 3.63) is 35.4 Å². The van der Waals surface area contributed by atoms with E-state index in [1.807, 2.05) is 0 Å². The van der Waals surface area contributed by atoms with Crippen molar-refractivity contribution in [1.82, 2.24) is 0 Å². The van der Waals surface area contributed by atoms with E-state index in [1.54, 1.807) is 12.1 Å². The summed E-state index contributed by atoms with van der Waals surface area (Å²) < 4.78 is 36.0. The summed E-state index contributed by atoms with van der Waals surface area (Å²) in [6.07, 6.45) is -0.982. The van der Waals surface area contributed by atoms with Gasteiger partial charge in [-0.15, -0.1) is 0 Å². The number of hydrogen-bond donors (Lipinski definition) is 0. The zero-order valence-electron chi connectivity index (χ0n) is 6.67. The van der Waals surface area contributed by atoms with Gasteiger partial charge in [-0.25, -0.2) is 0 Å². The van der Waals surface area contributed by atoms with E-state index in [0.29, 0.717) is 0 Å². The van der Waals surface area contributed by atoms with Crippen LogP contribution in [0.3, 0.4) is 0 Å². The monoisotopic (exact) mass is 184 g/mol. The molecule has 5 heteroatoms. The summed E-state index contributed by atoms with van der Waals surface area (Å²) in [5.74, 6) is 0. The first-order chi connectivity index (χ1) is 6.03. The van der Waals surface area contributed by atoms with E-state index in [0.717, 1.165) is 0 Å². The summed E-state index contributed by atoms with van der Waals surface area (Å²) in [7, 11) is 0. The van der Waals surface area contributed by atoms with Crippen molar-refractivity contribution >= 4 is 6.98 Å². The third-order valence-corrected chi connectivity index (χ3v) is 1.59. The number of benzene rings is 1. The molecule has 1 aromatic rings. The van der Waals surface area contributed by atoms with Gasteiger partial charge in [-0.3, -0.25) is 0 Å². The second kappa shape index (κ2) is 3.52. The van der Waals surface area contributed by atoms with Crippen LogP contribution in [0, 0.1) is 11.3 Å². The smallest absolute Gasteiger partial charge is 0.449 e. The Morgan fingerprint density at radius 2 is 1.85 bits per heavy atom. The molecule has 0 aliphatic carbocycles. The van der Waals surface area contributed by atoms with Crippen molar-refractivity contribution in [3.63, 3.8) is 0 Å². The molecular formula is C8H6BF3N-. The molecule has 0 saturated heterocycles. The van der Waals surface area contributed by atoms with E-state index in [-0.39, 0.29) is 11.1 Å². The fourth-order valence-electron chi connectivity index (χ4n) is 1.06. The summed E-state index contributed by atoms with van der Waals surface area (Å²) in [6.45, 7) is -4.86. The molecule has 0 bridgehead atoms. The largest absolute Gasteiger partial charge is 0.482 e. The van der Waals surface area contributed by atoms with Crippen molar-refractivity contribution in [2.24, 2.45) is 0 Å². The third kappa shape index (κ3) is 2.82. The molecule has 0 spiro atoms. The molecule has 0 radical (unpaired) electrons. The minimum atomic E-state index is -4.86. The van der Waals surface area contributed by atoms with Gasteiger partial charge in [-0.2, -0.15) is 5.26 Å². The molecular weight excluding hydrogens is 178 g/mol. The molecule has 0 fully saturated rings. The summed E-state index contributed by atoms with van der Waals surface area (Å²) in [5, 5.41) is 8.50. The highest BCUT2D eigenvalue weighted by atomic mass is 19.4. The van der Waals surface area contributed by atoms with Crippen LogP contribution >= 0.6 is 0 Å². The first-order valence-corrected chi connectivity index (χ1v) is 3.72. The van der Waals surface area contributed by atoms with Gasteiger partial charge in [0.05, 0.1) is 11.6 Å². The van der Waals surface area contributed by atoms with Gasteiger partial charge in [0.25, 0.3) is 0 Å². The van der Waals surface area contributed by atoms with Crippen LogP contribution < -0.4 is 0 Å². The third-order valence-electron chi connectivity index (χ3n) is 1.59. The normalized spacial score (nSPS) is 10.9. The molecule has 68 valence electrons. The summed E-state index contributed by atoms with van der Waals surface area (Å²) in [5.41, 5.74) is 0.152. The summed E-state index contributed by atoms with van der Waals surface area (Å²) in [4.78, 5) is 0. The van der Waals surface area contributed by atoms with Crippen LogP contribution in [0.1, 0.15) is 11.1 Å². The molecule has 0 aliphatic rings. The molecule has 0 aliphatic heterocycles. The van der Waals surface area contributed by atoms with Gasteiger partial charge in [0, 0.05) is 0 Å². The fraction of sp³-hybridized carbons (Fsp3) is 0.125. The molecule has 1 rings (SSSR count). The number of nitriles is 1. The van der Waals surface area contributed by atoms with E-state index >= 15 is 0 Å². The van der Waals surface area contributed by atoms with Gasteiger partial charge >= 0.3 is 6.98 Å². The lowest BCUT2D eigenvalue weighted by molar-refractivity contribution is 0.468. The van der Waals surface area contributed by atoms with Gasteiger partial charge in [-0.05, 0) is 6.07 Å². The van der Waals surface area contributed by atoms with Crippen LogP contribution in [0.2, 0.25) is 0 Å². The van der Waals surface area contributed by atoms with Crippen LogP contribution in [0.5, 0.6) is 0 Å². The first-order valence-electron chi connectivity index (χ1n) is 3.72. The van der Waals surface area contributed by atoms with Crippen LogP contribution in [-0.4, -0.2) is 6.98 Å². The van der Waals surface area contributed by atoms with Gasteiger partial charge in [0.15, 0.2) is 0 Å². The molecule has 0 atom stereocenters. The summed E-state index contributed by atoms with van der Waals surface area (Å²) >= 11 is 0. The van der Waals surface area contributed by atoms with E-state index < -0.39 is 13.3 Å². The Hall–Kier alpha value is -1.44. The van der Waals surface area contributed by atoms with Crippen molar-refractivity contribution in [3.8, 4) is 6.07 Å². The molecule has 0 amide bonds. The number of hydrogen-bond acceptors (Lipinski definition) is 1. The second-order valence-electron chi connectivity index (χ2n) is 2.68. The minimum Gasteiger partial charge on any atom is -0.449 e. The Bertz CT molecular complexity index is 340. The maximum Gasteiger partial charge on any atom is 0.482 e. The molecule has 13 heavy (non-hydrogen) atoms. The predicted octanol–water partition coefficient (Wildman–Crippen LogP) is 2.49. The van der Waals surface area contributed by atoms with Crippen molar-refractivity contribution < 1.29 is 12.9 Å². The highest BCUT2D eigenvalue weighted by Gasteiger charge is 2.24. The number of rotatable bonds is 2. The quantitative estimate of drug-likeness (QED) is 0.647. The van der Waals surface area contributed by atoms with Crippen LogP contribution in [0.25, 0.3) is 0 Å². The van der Waals surface area contributed by atoms with Crippen LogP contribution in [0.4, 0.5) is 12.9 Å². The van der Waals surface area contributed by atoms with E-state index in [2.05, 4.69) is 0 Å². The Labute approximate surface area is 73.9 Å². The molecule has 0 saturated carbocycles. The maximum atomic E-state index is 12.0. The van der Waals surface area contributed by atoms with E-state index in [1.165, 1.54) is 18.2 Å². The first kappa shape index (κ1) is 9.65. The number of halogens is 3. The molecule has 0 N–H and O–H groups in total. The van der Waals surface area contributed by atoms with Crippen LogP contribution in [-0.2, 0) is 6.32 Å². The fourth-order valence-corrected chi connectivity index (χ4v) is 1.06. The lowest BCUT2D eigenvalue weighted by atomic mass is 9.80. The topological polar surface area (TPSA) is 23.8 Å². The SMILES string of the molecule is N#Cc1ccccc1C[B-](F)(F)F. The van der Waals surface area contributed by atoms with E-state index in [9.17, 15) is 12.9 Å². The minimum absolute atomic E-state index is 0.0532. The highest BCUT2D eigenvalue weighted by Crippen LogP contribution is 2.18. The number of nitrogens with zero attached hydrogens (tertiary/aromatic N) is 1. The Morgan fingerprint density at radius 3 is 2.38 bits per heavy atom. The highest BCUT2D eigenvalue weighted by molar-refractivity contribution is 6.57. The van der Waals surface area contributed by atoms with Gasteiger partial charge in [0.1, 0.15) is 0 Å². The predicted molar refractivity (Wildman–Crippen MR) is 43.9 cm³/mol.